The number of hydrogen-bond donors (Lipinski definition) is 2. The zero-order valence-electron chi connectivity index (χ0n) is 10.2. The summed E-state index contributed by atoms with van der Waals surface area (Å²) in [5.41, 5.74) is 5.25. The molecule has 19 heavy (non-hydrogen) atoms. The van der Waals surface area contributed by atoms with E-state index in [0.717, 1.165) is 4.31 Å². The second kappa shape index (κ2) is 5.81. The molecule has 1 rings (SSSR count). The monoisotopic (exact) mass is 286 g/mol. The van der Waals surface area contributed by atoms with Crippen LogP contribution in [0.15, 0.2) is 29.2 Å². The Balaban J connectivity index is 2.93. The maximum atomic E-state index is 12.0. The average molecular weight is 286 g/mol. The molecule has 8 heteroatoms. The Morgan fingerprint density at radius 2 is 1.79 bits per heavy atom. The van der Waals surface area contributed by atoms with Crippen LogP contribution in [0, 0.1) is 0 Å². The highest BCUT2D eigenvalue weighted by molar-refractivity contribution is 7.89. The number of carboxylic acid groups (broad SMARTS) is 1. The van der Waals surface area contributed by atoms with Crippen LogP contribution in [0.25, 0.3) is 0 Å². The SMILES string of the molecule is CN(CCC(=O)O)S(=O)(=O)c1ccc(C(N)=O)cc1. The largest absolute Gasteiger partial charge is 0.481 e. The molecule has 3 N–H and O–H groups in total. The molecule has 1 amide bonds. The smallest absolute Gasteiger partial charge is 0.304 e. The molecular weight excluding hydrogens is 272 g/mol. The van der Waals surface area contributed by atoms with Gasteiger partial charge in [-0.2, -0.15) is 0 Å². The number of amides is 1. The van der Waals surface area contributed by atoms with Gasteiger partial charge in [-0.3, -0.25) is 9.59 Å². The molecule has 0 unspecified atom stereocenters. The van der Waals surface area contributed by atoms with E-state index in [1.54, 1.807) is 0 Å². The normalized spacial score (nSPS) is 11.5. The third-order valence-electron chi connectivity index (χ3n) is 2.49. The lowest BCUT2D eigenvalue weighted by Gasteiger charge is -2.16. The summed E-state index contributed by atoms with van der Waals surface area (Å²) in [5, 5.41) is 8.52. The van der Waals surface area contributed by atoms with Gasteiger partial charge in [0.25, 0.3) is 0 Å². The summed E-state index contributed by atoms with van der Waals surface area (Å²) in [6.07, 6.45) is -0.283. The van der Waals surface area contributed by atoms with E-state index >= 15 is 0 Å². The van der Waals surface area contributed by atoms with E-state index in [4.69, 9.17) is 10.8 Å². The Morgan fingerprint density at radius 3 is 2.21 bits per heavy atom. The average Bonchev–Trinajstić information content (AvgIpc) is 2.35. The second-order valence-corrected chi connectivity index (χ2v) is 5.90. The fourth-order valence-corrected chi connectivity index (χ4v) is 2.52. The van der Waals surface area contributed by atoms with Crippen molar-refractivity contribution in [3.8, 4) is 0 Å². The standard InChI is InChI=1S/C11H14N2O5S/c1-13(7-6-10(14)15)19(17,18)9-4-2-8(3-5-9)11(12)16/h2-5H,6-7H2,1H3,(H2,12,16)(H,14,15). The van der Waals surface area contributed by atoms with Crippen LogP contribution in [-0.4, -0.2) is 43.3 Å². The molecule has 0 saturated heterocycles. The molecule has 104 valence electrons. The number of nitrogens with two attached hydrogens (primary N) is 1. The predicted molar refractivity (Wildman–Crippen MR) is 67.0 cm³/mol. The first-order valence-electron chi connectivity index (χ1n) is 5.33. The van der Waals surface area contributed by atoms with Crippen molar-refractivity contribution < 1.29 is 23.1 Å². The summed E-state index contributed by atoms with van der Waals surface area (Å²) in [7, 11) is -2.47. The first-order chi connectivity index (χ1) is 8.75. The molecule has 1 aromatic rings. The number of primary amides is 1. The van der Waals surface area contributed by atoms with E-state index in [9.17, 15) is 18.0 Å². The molecule has 0 aliphatic carbocycles. The van der Waals surface area contributed by atoms with Crippen LogP contribution in [0.4, 0.5) is 0 Å². The molecule has 0 bridgehead atoms. The summed E-state index contributed by atoms with van der Waals surface area (Å²) in [6, 6.07) is 5.12. The van der Waals surface area contributed by atoms with Crippen molar-refractivity contribution >= 4 is 21.9 Å². The van der Waals surface area contributed by atoms with Crippen molar-refractivity contribution in [1.82, 2.24) is 4.31 Å². The Hall–Kier alpha value is -1.93. The van der Waals surface area contributed by atoms with E-state index in [2.05, 4.69) is 0 Å². The molecule has 0 radical (unpaired) electrons. The number of nitrogens with zero attached hydrogens (tertiary/aromatic N) is 1. The van der Waals surface area contributed by atoms with Crippen LogP contribution < -0.4 is 5.73 Å². The summed E-state index contributed by atoms with van der Waals surface area (Å²) in [4.78, 5) is 21.3. The van der Waals surface area contributed by atoms with Crippen molar-refractivity contribution in [2.75, 3.05) is 13.6 Å². The lowest BCUT2D eigenvalue weighted by Crippen LogP contribution is -2.29. The van der Waals surface area contributed by atoms with Crippen molar-refractivity contribution in [2.45, 2.75) is 11.3 Å². The van der Waals surface area contributed by atoms with E-state index < -0.39 is 21.9 Å². The maximum Gasteiger partial charge on any atom is 0.304 e. The molecule has 0 saturated carbocycles. The molecule has 7 nitrogen and oxygen atoms in total. The topological polar surface area (TPSA) is 118 Å². The van der Waals surface area contributed by atoms with Gasteiger partial charge in [0.2, 0.25) is 15.9 Å². The van der Waals surface area contributed by atoms with Crippen molar-refractivity contribution in [3.05, 3.63) is 29.8 Å². The summed E-state index contributed by atoms with van der Waals surface area (Å²) in [6.45, 7) is -0.130. The number of sulfonamides is 1. The second-order valence-electron chi connectivity index (χ2n) is 3.86. The van der Waals surface area contributed by atoms with Gasteiger partial charge in [-0.25, -0.2) is 12.7 Å². The van der Waals surface area contributed by atoms with E-state index in [1.807, 2.05) is 0 Å². The lowest BCUT2D eigenvalue weighted by molar-refractivity contribution is -0.137. The molecule has 0 aliphatic heterocycles. The molecule has 0 spiro atoms. The van der Waals surface area contributed by atoms with Gasteiger partial charge >= 0.3 is 5.97 Å². The van der Waals surface area contributed by atoms with Gasteiger partial charge in [-0.1, -0.05) is 0 Å². The number of hydrogen-bond acceptors (Lipinski definition) is 4. The number of benzene rings is 1. The zero-order valence-corrected chi connectivity index (χ0v) is 11.1. The fourth-order valence-electron chi connectivity index (χ4n) is 1.34. The molecule has 0 atom stereocenters. The summed E-state index contributed by atoms with van der Waals surface area (Å²) < 4.78 is 25.0. The van der Waals surface area contributed by atoms with Crippen molar-refractivity contribution in [2.24, 2.45) is 5.73 Å². The molecule has 0 aliphatic rings. The van der Waals surface area contributed by atoms with Gasteiger partial charge in [0, 0.05) is 19.2 Å². The Kier molecular flexibility index (Phi) is 4.62. The van der Waals surface area contributed by atoms with Crippen LogP contribution in [-0.2, 0) is 14.8 Å². The van der Waals surface area contributed by atoms with E-state index in [-0.39, 0.29) is 23.4 Å². The molecule has 0 fully saturated rings. The third-order valence-corrected chi connectivity index (χ3v) is 4.36. The van der Waals surface area contributed by atoms with Crippen LogP contribution in [0.3, 0.4) is 0 Å². The molecule has 0 aromatic heterocycles. The van der Waals surface area contributed by atoms with Crippen molar-refractivity contribution in [3.63, 3.8) is 0 Å². The molecule has 0 heterocycles. The minimum absolute atomic E-state index is 0.0228. The van der Waals surface area contributed by atoms with Crippen LogP contribution in [0.1, 0.15) is 16.8 Å². The van der Waals surface area contributed by atoms with Gasteiger partial charge in [0.05, 0.1) is 11.3 Å². The first-order valence-corrected chi connectivity index (χ1v) is 6.77. The highest BCUT2D eigenvalue weighted by Crippen LogP contribution is 2.15. The van der Waals surface area contributed by atoms with Crippen molar-refractivity contribution in [1.29, 1.82) is 0 Å². The summed E-state index contributed by atoms with van der Waals surface area (Å²) >= 11 is 0. The van der Waals surface area contributed by atoms with Gasteiger partial charge in [0.15, 0.2) is 0 Å². The number of carbonyl (C=O) groups is 2. The van der Waals surface area contributed by atoms with Gasteiger partial charge in [-0.15, -0.1) is 0 Å². The zero-order chi connectivity index (χ0) is 14.6. The number of aliphatic carboxylic acids is 1. The van der Waals surface area contributed by atoms with Crippen LogP contribution in [0.2, 0.25) is 0 Å². The minimum atomic E-state index is -3.76. The number of rotatable bonds is 6. The number of carbonyl (C=O) groups excluding carboxylic acids is 1. The lowest BCUT2D eigenvalue weighted by atomic mass is 10.2. The highest BCUT2D eigenvalue weighted by Gasteiger charge is 2.21. The van der Waals surface area contributed by atoms with E-state index in [1.165, 1.54) is 31.3 Å². The quantitative estimate of drug-likeness (QED) is 0.756. The Bertz CT molecular complexity index is 580. The molecular formula is C11H14N2O5S. The van der Waals surface area contributed by atoms with E-state index in [0.29, 0.717) is 0 Å². The predicted octanol–water partition coefficient (Wildman–Crippen LogP) is -0.119. The maximum absolute atomic E-state index is 12.0. The first kappa shape index (κ1) is 15.1. The Morgan fingerprint density at radius 1 is 1.26 bits per heavy atom. The van der Waals surface area contributed by atoms with Crippen LogP contribution in [0.5, 0.6) is 0 Å². The highest BCUT2D eigenvalue weighted by atomic mass is 32.2. The Labute approximate surface area is 110 Å². The van der Waals surface area contributed by atoms with Gasteiger partial charge in [0.1, 0.15) is 0 Å². The van der Waals surface area contributed by atoms with Gasteiger partial charge in [-0.05, 0) is 24.3 Å². The summed E-state index contributed by atoms with van der Waals surface area (Å²) in [5.74, 6) is -1.73. The number of carboxylic acids is 1. The third kappa shape index (κ3) is 3.76. The van der Waals surface area contributed by atoms with Crippen LogP contribution >= 0.6 is 0 Å². The fraction of sp³-hybridized carbons (Fsp3) is 0.273. The molecule has 1 aromatic carbocycles. The van der Waals surface area contributed by atoms with Gasteiger partial charge < -0.3 is 10.8 Å². The minimum Gasteiger partial charge on any atom is -0.481 e.